The molecule has 1 aromatic carbocycles. The lowest BCUT2D eigenvalue weighted by Gasteiger charge is -2.35. The predicted molar refractivity (Wildman–Crippen MR) is 77.3 cm³/mol. The molecule has 2 atom stereocenters. The molecule has 0 heterocycles. The van der Waals surface area contributed by atoms with Gasteiger partial charge in [-0.15, -0.1) is 0 Å². The Bertz CT molecular complexity index is 363. The summed E-state index contributed by atoms with van der Waals surface area (Å²) in [5.74, 6) is 0. The van der Waals surface area contributed by atoms with Gasteiger partial charge < -0.3 is 5.73 Å². The van der Waals surface area contributed by atoms with Crippen molar-refractivity contribution < 1.29 is 0 Å². The fourth-order valence-corrected chi connectivity index (χ4v) is 3.09. The molecule has 1 fully saturated rings. The van der Waals surface area contributed by atoms with Crippen LogP contribution in [0, 0.1) is 5.41 Å². The average molecular weight is 246 g/mol. The summed E-state index contributed by atoms with van der Waals surface area (Å²) in [6, 6.07) is 11.1. The smallest absolute Gasteiger partial charge is 0.0233 e. The molecule has 2 rings (SSSR count). The van der Waals surface area contributed by atoms with Crippen molar-refractivity contribution in [2.45, 2.75) is 45.7 Å². The van der Waals surface area contributed by atoms with Gasteiger partial charge in [0.25, 0.3) is 0 Å². The largest absolute Gasteiger partial charge is 0.327 e. The third-order valence-electron chi connectivity index (χ3n) is 4.44. The molecule has 0 aliphatic heterocycles. The molecule has 0 aromatic heterocycles. The molecule has 2 N–H and O–H groups in total. The molecule has 1 saturated carbocycles. The minimum absolute atomic E-state index is 0.310. The van der Waals surface area contributed by atoms with Gasteiger partial charge in [0.15, 0.2) is 0 Å². The van der Waals surface area contributed by atoms with Crippen LogP contribution < -0.4 is 5.73 Å². The number of benzene rings is 1. The highest BCUT2D eigenvalue weighted by Crippen LogP contribution is 2.37. The van der Waals surface area contributed by atoms with Gasteiger partial charge in [0, 0.05) is 19.1 Å². The van der Waals surface area contributed by atoms with Crippen LogP contribution in [-0.4, -0.2) is 24.0 Å². The van der Waals surface area contributed by atoms with E-state index in [1.54, 1.807) is 0 Å². The van der Waals surface area contributed by atoms with E-state index in [2.05, 4.69) is 49.1 Å². The van der Waals surface area contributed by atoms with Gasteiger partial charge in [-0.25, -0.2) is 0 Å². The van der Waals surface area contributed by atoms with Crippen LogP contribution in [0.4, 0.5) is 0 Å². The molecule has 100 valence electrons. The molecule has 18 heavy (non-hydrogen) atoms. The minimum Gasteiger partial charge on any atom is -0.327 e. The first-order chi connectivity index (χ1) is 8.64. The van der Waals surface area contributed by atoms with Crippen LogP contribution >= 0.6 is 0 Å². The Balaban J connectivity index is 1.97. The van der Waals surface area contributed by atoms with E-state index >= 15 is 0 Å². The fourth-order valence-electron chi connectivity index (χ4n) is 3.09. The van der Waals surface area contributed by atoms with E-state index in [1.165, 1.54) is 24.8 Å². The van der Waals surface area contributed by atoms with Crippen molar-refractivity contribution in [3.05, 3.63) is 35.9 Å². The van der Waals surface area contributed by atoms with E-state index in [0.717, 1.165) is 19.6 Å². The Kier molecular flexibility index (Phi) is 4.41. The normalized spacial score (nSPS) is 27.9. The third-order valence-corrected chi connectivity index (χ3v) is 4.44. The summed E-state index contributed by atoms with van der Waals surface area (Å²) < 4.78 is 0. The molecule has 2 heteroatoms. The van der Waals surface area contributed by atoms with Gasteiger partial charge in [-0.1, -0.05) is 50.6 Å². The zero-order valence-corrected chi connectivity index (χ0v) is 11.7. The zero-order valence-electron chi connectivity index (χ0n) is 11.7. The van der Waals surface area contributed by atoms with Crippen LogP contribution in [0.15, 0.2) is 30.3 Å². The molecule has 0 spiro atoms. The topological polar surface area (TPSA) is 29.3 Å². The number of nitrogens with zero attached hydrogens (tertiary/aromatic N) is 1. The first kappa shape index (κ1) is 13.6. The highest BCUT2D eigenvalue weighted by molar-refractivity contribution is 5.14. The number of hydrogen-bond acceptors (Lipinski definition) is 2. The second kappa shape index (κ2) is 5.85. The van der Waals surface area contributed by atoms with Crippen LogP contribution in [0.1, 0.15) is 38.7 Å². The van der Waals surface area contributed by atoms with Crippen molar-refractivity contribution in [2.75, 3.05) is 13.1 Å². The second-order valence-corrected chi connectivity index (χ2v) is 5.94. The minimum atomic E-state index is 0.310. The van der Waals surface area contributed by atoms with E-state index in [0.29, 0.717) is 11.5 Å². The molecule has 1 aromatic rings. The first-order valence-corrected chi connectivity index (χ1v) is 7.16. The standard InChI is InChI=1S/C16H26N2/c1-3-18(12-14-8-5-4-6-9-14)13-16(2)11-7-10-15(16)17/h4-6,8-9,15H,3,7,10-13,17H2,1-2H3. The number of hydrogen-bond donors (Lipinski definition) is 1. The highest BCUT2D eigenvalue weighted by Gasteiger charge is 2.37. The van der Waals surface area contributed by atoms with Gasteiger partial charge in [0.2, 0.25) is 0 Å². The maximum atomic E-state index is 6.28. The van der Waals surface area contributed by atoms with Gasteiger partial charge in [-0.3, -0.25) is 4.90 Å². The lowest BCUT2D eigenvalue weighted by Crippen LogP contribution is -2.44. The Morgan fingerprint density at radius 2 is 2.06 bits per heavy atom. The Hall–Kier alpha value is -0.860. The van der Waals surface area contributed by atoms with Gasteiger partial charge in [-0.05, 0) is 30.4 Å². The van der Waals surface area contributed by atoms with Crippen LogP contribution in [0.5, 0.6) is 0 Å². The molecule has 1 aliphatic rings. The van der Waals surface area contributed by atoms with Gasteiger partial charge >= 0.3 is 0 Å². The highest BCUT2D eigenvalue weighted by atomic mass is 15.1. The summed E-state index contributed by atoms with van der Waals surface area (Å²) >= 11 is 0. The van der Waals surface area contributed by atoms with E-state index in [-0.39, 0.29) is 0 Å². The first-order valence-electron chi connectivity index (χ1n) is 7.16. The van der Waals surface area contributed by atoms with Crippen molar-refractivity contribution in [3.8, 4) is 0 Å². The molecule has 0 saturated heterocycles. The van der Waals surface area contributed by atoms with Gasteiger partial charge in [0.1, 0.15) is 0 Å². The SMILES string of the molecule is CCN(Cc1ccccc1)CC1(C)CCCC1N. The average Bonchev–Trinajstić information content (AvgIpc) is 2.70. The molecule has 0 radical (unpaired) electrons. The quantitative estimate of drug-likeness (QED) is 0.865. The van der Waals surface area contributed by atoms with Crippen molar-refractivity contribution in [1.82, 2.24) is 4.90 Å². The number of rotatable bonds is 5. The fraction of sp³-hybridized carbons (Fsp3) is 0.625. The van der Waals surface area contributed by atoms with Crippen LogP contribution in [0.2, 0.25) is 0 Å². The Morgan fingerprint density at radius 1 is 1.33 bits per heavy atom. The molecule has 0 amide bonds. The Morgan fingerprint density at radius 3 is 2.61 bits per heavy atom. The third kappa shape index (κ3) is 3.12. The Labute approximate surface area is 111 Å². The predicted octanol–water partition coefficient (Wildman–Crippen LogP) is 3.03. The molecule has 2 unspecified atom stereocenters. The summed E-state index contributed by atoms with van der Waals surface area (Å²) in [5.41, 5.74) is 7.99. The molecule has 0 bridgehead atoms. The van der Waals surface area contributed by atoms with E-state index < -0.39 is 0 Å². The molecular formula is C16H26N2. The van der Waals surface area contributed by atoms with E-state index in [9.17, 15) is 0 Å². The van der Waals surface area contributed by atoms with Crippen LogP contribution in [-0.2, 0) is 6.54 Å². The molecular weight excluding hydrogens is 220 g/mol. The number of nitrogens with two attached hydrogens (primary N) is 1. The van der Waals surface area contributed by atoms with Crippen molar-refractivity contribution in [1.29, 1.82) is 0 Å². The lowest BCUT2D eigenvalue weighted by molar-refractivity contribution is 0.152. The summed E-state index contributed by atoms with van der Waals surface area (Å²) in [6.07, 6.45) is 3.76. The molecule has 1 aliphatic carbocycles. The van der Waals surface area contributed by atoms with Crippen molar-refractivity contribution in [3.63, 3.8) is 0 Å². The lowest BCUT2D eigenvalue weighted by atomic mass is 9.84. The van der Waals surface area contributed by atoms with E-state index in [1.807, 2.05) is 0 Å². The van der Waals surface area contributed by atoms with Gasteiger partial charge in [0.05, 0.1) is 0 Å². The van der Waals surface area contributed by atoms with Crippen LogP contribution in [0.25, 0.3) is 0 Å². The maximum Gasteiger partial charge on any atom is 0.0233 e. The van der Waals surface area contributed by atoms with Gasteiger partial charge in [-0.2, -0.15) is 0 Å². The summed E-state index contributed by atoms with van der Waals surface area (Å²) in [5, 5.41) is 0. The second-order valence-electron chi connectivity index (χ2n) is 5.94. The van der Waals surface area contributed by atoms with E-state index in [4.69, 9.17) is 5.73 Å². The monoisotopic (exact) mass is 246 g/mol. The molecule has 2 nitrogen and oxygen atoms in total. The maximum absolute atomic E-state index is 6.28. The summed E-state index contributed by atoms with van der Waals surface area (Å²) in [7, 11) is 0. The summed E-state index contributed by atoms with van der Waals surface area (Å²) in [4.78, 5) is 2.53. The van der Waals surface area contributed by atoms with Crippen molar-refractivity contribution in [2.24, 2.45) is 11.1 Å². The zero-order chi connectivity index (χ0) is 13.0. The summed E-state index contributed by atoms with van der Waals surface area (Å²) in [6.45, 7) is 7.86. The van der Waals surface area contributed by atoms with Crippen molar-refractivity contribution >= 4 is 0 Å². The van der Waals surface area contributed by atoms with Crippen LogP contribution in [0.3, 0.4) is 0 Å².